The van der Waals surface area contributed by atoms with Crippen LogP contribution in [-0.2, 0) is 6.54 Å². The molecule has 0 saturated carbocycles. The van der Waals surface area contributed by atoms with E-state index in [-0.39, 0.29) is 0 Å². The van der Waals surface area contributed by atoms with Gasteiger partial charge in [0.25, 0.3) is 0 Å². The number of rotatable bonds is 8. The minimum absolute atomic E-state index is 0.702. The van der Waals surface area contributed by atoms with E-state index >= 15 is 0 Å². The molecular weight excluding hydrogens is 330 g/mol. The number of nitrogens with zero attached hydrogens (tertiary/aromatic N) is 4. The Morgan fingerprint density at radius 3 is 2.62 bits per heavy atom. The van der Waals surface area contributed by atoms with Gasteiger partial charge < -0.3 is 5.73 Å². The Hall–Kier alpha value is -1.43. The van der Waals surface area contributed by atoms with Gasteiger partial charge in [-0.15, -0.1) is 5.10 Å². The van der Waals surface area contributed by atoms with E-state index in [4.69, 9.17) is 5.73 Å². The lowest BCUT2D eigenvalue weighted by atomic mass is 10.1. The monoisotopic (exact) mass is 351 g/mol. The van der Waals surface area contributed by atoms with E-state index < -0.39 is 0 Å². The third-order valence-electron chi connectivity index (χ3n) is 3.43. The highest BCUT2D eigenvalue weighted by Crippen LogP contribution is 2.24. The Morgan fingerprint density at radius 1 is 1.10 bits per heavy atom. The summed E-state index contributed by atoms with van der Waals surface area (Å²) < 4.78 is 2.80. The predicted molar refractivity (Wildman–Crippen MR) is 88.7 cm³/mol. The first-order valence-electron chi connectivity index (χ1n) is 7.53. The summed E-state index contributed by atoms with van der Waals surface area (Å²) in [5, 5.41) is 12.0. The Morgan fingerprint density at radius 2 is 1.86 bits per heavy atom. The van der Waals surface area contributed by atoms with E-state index in [2.05, 4.69) is 38.4 Å². The van der Waals surface area contributed by atoms with Gasteiger partial charge >= 0.3 is 0 Å². The first-order valence-corrected chi connectivity index (χ1v) is 8.32. The number of halogens is 1. The van der Waals surface area contributed by atoms with Gasteiger partial charge in [0, 0.05) is 22.3 Å². The molecule has 0 aliphatic rings. The van der Waals surface area contributed by atoms with Crippen LogP contribution in [0.5, 0.6) is 0 Å². The molecule has 2 aromatic rings. The number of aromatic nitrogens is 4. The summed E-state index contributed by atoms with van der Waals surface area (Å²) >= 11 is 3.45. The SMILES string of the molecule is CCCCCCCCn1nnnc1-c1cc(N)cc(Br)c1. The molecule has 0 fully saturated rings. The lowest BCUT2D eigenvalue weighted by Crippen LogP contribution is -2.03. The van der Waals surface area contributed by atoms with Gasteiger partial charge in [-0.05, 0) is 35.0 Å². The first-order chi connectivity index (χ1) is 10.2. The molecule has 21 heavy (non-hydrogen) atoms. The van der Waals surface area contributed by atoms with E-state index in [0.717, 1.165) is 28.8 Å². The molecule has 6 heteroatoms. The van der Waals surface area contributed by atoms with Crippen molar-refractivity contribution in [2.45, 2.75) is 52.0 Å². The number of hydrogen-bond acceptors (Lipinski definition) is 4. The number of hydrogen-bond donors (Lipinski definition) is 1. The molecule has 0 unspecified atom stereocenters. The number of nitrogens with two attached hydrogens (primary N) is 1. The van der Waals surface area contributed by atoms with Crippen LogP contribution in [0.4, 0.5) is 5.69 Å². The second kappa shape index (κ2) is 8.12. The van der Waals surface area contributed by atoms with Gasteiger partial charge in [0.05, 0.1) is 0 Å². The number of aryl methyl sites for hydroxylation is 1. The maximum Gasteiger partial charge on any atom is 0.182 e. The zero-order valence-electron chi connectivity index (χ0n) is 12.4. The molecule has 1 aromatic carbocycles. The summed E-state index contributed by atoms with van der Waals surface area (Å²) in [4.78, 5) is 0. The molecule has 0 atom stereocenters. The molecule has 1 aromatic heterocycles. The molecule has 0 radical (unpaired) electrons. The average Bonchev–Trinajstić information content (AvgIpc) is 2.90. The first kappa shape index (κ1) is 15.9. The third kappa shape index (κ3) is 4.81. The largest absolute Gasteiger partial charge is 0.399 e. The van der Waals surface area contributed by atoms with E-state index in [0.29, 0.717) is 5.69 Å². The van der Waals surface area contributed by atoms with Crippen LogP contribution in [0.1, 0.15) is 45.4 Å². The molecule has 0 aliphatic carbocycles. The van der Waals surface area contributed by atoms with Crippen LogP contribution >= 0.6 is 15.9 Å². The highest BCUT2D eigenvalue weighted by atomic mass is 79.9. The molecule has 0 saturated heterocycles. The van der Waals surface area contributed by atoms with Crippen molar-refractivity contribution in [2.75, 3.05) is 5.73 Å². The van der Waals surface area contributed by atoms with Gasteiger partial charge in [-0.3, -0.25) is 0 Å². The Bertz CT molecular complexity index is 547. The van der Waals surface area contributed by atoms with Gasteiger partial charge in [0.2, 0.25) is 0 Å². The van der Waals surface area contributed by atoms with E-state index in [1.165, 1.54) is 32.1 Å². The zero-order chi connectivity index (χ0) is 15.1. The van der Waals surface area contributed by atoms with E-state index in [9.17, 15) is 0 Å². The normalized spacial score (nSPS) is 11.0. The standard InChI is InChI=1S/C15H22BrN5/c1-2-3-4-5-6-7-8-21-15(18-19-20-21)12-9-13(16)11-14(17)10-12/h9-11H,2-8,17H2,1H3. The smallest absolute Gasteiger partial charge is 0.182 e. The third-order valence-corrected chi connectivity index (χ3v) is 3.89. The van der Waals surface area contributed by atoms with Crippen LogP contribution in [0.3, 0.4) is 0 Å². The molecule has 1 heterocycles. The Labute approximate surface area is 134 Å². The average molecular weight is 352 g/mol. The molecule has 114 valence electrons. The Balaban J connectivity index is 1.95. The number of unbranched alkanes of at least 4 members (excludes halogenated alkanes) is 5. The van der Waals surface area contributed by atoms with Gasteiger partial charge in [0.1, 0.15) is 0 Å². The lowest BCUT2D eigenvalue weighted by Gasteiger charge is -2.06. The molecular formula is C15H22BrN5. The summed E-state index contributed by atoms with van der Waals surface area (Å²) in [6, 6.07) is 5.75. The van der Waals surface area contributed by atoms with Crippen LogP contribution in [0, 0.1) is 0 Å². The van der Waals surface area contributed by atoms with E-state index in [1.54, 1.807) is 0 Å². The fourth-order valence-corrected chi connectivity index (χ4v) is 2.86. The van der Waals surface area contributed by atoms with Crippen molar-refractivity contribution in [1.29, 1.82) is 0 Å². The number of benzene rings is 1. The van der Waals surface area contributed by atoms with Crippen LogP contribution in [-0.4, -0.2) is 20.2 Å². The second-order valence-corrected chi connectivity index (χ2v) is 6.18. The van der Waals surface area contributed by atoms with Crippen molar-refractivity contribution in [2.24, 2.45) is 0 Å². The highest BCUT2D eigenvalue weighted by Gasteiger charge is 2.10. The number of tetrazole rings is 1. The molecule has 0 aliphatic heterocycles. The minimum Gasteiger partial charge on any atom is -0.399 e. The van der Waals surface area contributed by atoms with Crippen molar-refractivity contribution >= 4 is 21.6 Å². The topological polar surface area (TPSA) is 69.6 Å². The fourth-order valence-electron chi connectivity index (χ4n) is 2.35. The predicted octanol–water partition coefficient (Wildman–Crippen LogP) is 4.05. The van der Waals surface area contributed by atoms with Crippen molar-refractivity contribution in [3.8, 4) is 11.4 Å². The summed E-state index contributed by atoms with van der Waals surface area (Å²) in [6.45, 7) is 3.08. The van der Waals surface area contributed by atoms with Gasteiger partial charge in [-0.1, -0.05) is 55.0 Å². The molecule has 0 spiro atoms. The van der Waals surface area contributed by atoms with E-state index in [1.807, 2.05) is 22.9 Å². The van der Waals surface area contributed by atoms with Crippen LogP contribution in [0.25, 0.3) is 11.4 Å². The lowest BCUT2D eigenvalue weighted by molar-refractivity contribution is 0.519. The quantitative estimate of drug-likeness (QED) is 0.575. The van der Waals surface area contributed by atoms with Crippen molar-refractivity contribution in [3.05, 3.63) is 22.7 Å². The van der Waals surface area contributed by atoms with Crippen molar-refractivity contribution in [1.82, 2.24) is 20.2 Å². The summed E-state index contributed by atoms with van der Waals surface area (Å²) in [5.74, 6) is 0.775. The summed E-state index contributed by atoms with van der Waals surface area (Å²) in [6.07, 6.45) is 7.54. The number of nitrogen functional groups attached to an aromatic ring is 1. The van der Waals surface area contributed by atoms with Crippen LogP contribution in [0.2, 0.25) is 0 Å². The summed E-state index contributed by atoms with van der Waals surface area (Å²) in [7, 11) is 0. The van der Waals surface area contributed by atoms with Gasteiger partial charge in [0.15, 0.2) is 5.82 Å². The molecule has 2 N–H and O–H groups in total. The zero-order valence-corrected chi connectivity index (χ0v) is 14.0. The fraction of sp³-hybridized carbons (Fsp3) is 0.533. The molecule has 2 rings (SSSR count). The number of anilines is 1. The van der Waals surface area contributed by atoms with Gasteiger partial charge in [-0.25, -0.2) is 4.68 Å². The van der Waals surface area contributed by atoms with Crippen molar-refractivity contribution < 1.29 is 0 Å². The van der Waals surface area contributed by atoms with Crippen LogP contribution in [0.15, 0.2) is 22.7 Å². The molecule has 0 amide bonds. The molecule has 5 nitrogen and oxygen atoms in total. The summed E-state index contributed by atoms with van der Waals surface area (Å²) in [5.41, 5.74) is 7.52. The minimum atomic E-state index is 0.702. The maximum atomic E-state index is 5.88. The Kier molecular flexibility index (Phi) is 6.17. The highest BCUT2D eigenvalue weighted by molar-refractivity contribution is 9.10. The molecule has 0 bridgehead atoms. The van der Waals surface area contributed by atoms with Crippen LogP contribution < -0.4 is 5.73 Å². The van der Waals surface area contributed by atoms with Crippen molar-refractivity contribution in [3.63, 3.8) is 0 Å². The maximum absolute atomic E-state index is 5.88. The second-order valence-electron chi connectivity index (χ2n) is 5.27. The van der Waals surface area contributed by atoms with Gasteiger partial charge in [-0.2, -0.15) is 0 Å².